The zero-order valence-electron chi connectivity index (χ0n) is 12.0. The predicted molar refractivity (Wildman–Crippen MR) is 75.8 cm³/mol. The molecule has 0 atom stereocenters. The SMILES string of the molecule is CCOC(=O)c1ccc(NCCNC(=O)N(C)C)nc1. The molecule has 0 unspecified atom stereocenters. The zero-order valence-corrected chi connectivity index (χ0v) is 12.0. The first-order valence-electron chi connectivity index (χ1n) is 6.36. The largest absolute Gasteiger partial charge is 0.462 e. The number of hydrogen-bond acceptors (Lipinski definition) is 5. The first-order chi connectivity index (χ1) is 9.54. The van der Waals surface area contributed by atoms with Crippen molar-refractivity contribution < 1.29 is 14.3 Å². The van der Waals surface area contributed by atoms with Crippen molar-refractivity contribution in [1.82, 2.24) is 15.2 Å². The van der Waals surface area contributed by atoms with Crippen molar-refractivity contribution in [2.24, 2.45) is 0 Å². The van der Waals surface area contributed by atoms with Gasteiger partial charge in [0, 0.05) is 33.4 Å². The number of amides is 2. The van der Waals surface area contributed by atoms with Crippen molar-refractivity contribution in [3.63, 3.8) is 0 Å². The van der Waals surface area contributed by atoms with E-state index in [0.717, 1.165) is 0 Å². The quantitative estimate of drug-likeness (QED) is 0.598. The summed E-state index contributed by atoms with van der Waals surface area (Å²) in [5, 5.41) is 5.76. The summed E-state index contributed by atoms with van der Waals surface area (Å²) in [6, 6.07) is 3.20. The minimum Gasteiger partial charge on any atom is -0.462 e. The van der Waals surface area contributed by atoms with Gasteiger partial charge in [0.1, 0.15) is 5.82 Å². The maximum Gasteiger partial charge on any atom is 0.339 e. The predicted octanol–water partition coefficient (Wildman–Crippen LogP) is 0.941. The fraction of sp³-hybridized carbons (Fsp3) is 0.462. The number of hydrogen-bond donors (Lipinski definition) is 2. The summed E-state index contributed by atoms with van der Waals surface area (Å²) in [5.74, 6) is 0.252. The molecule has 0 spiro atoms. The molecule has 0 bridgehead atoms. The second kappa shape index (κ2) is 7.98. The van der Waals surface area contributed by atoms with Crippen LogP contribution in [0.25, 0.3) is 0 Å². The van der Waals surface area contributed by atoms with E-state index in [1.54, 1.807) is 33.2 Å². The molecule has 20 heavy (non-hydrogen) atoms. The van der Waals surface area contributed by atoms with Gasteiger partial charge in [0.15, 0.2) is 0 Å². The van der Waals surface area contributed by atoms with Gasteiger partial charge >= 0.3 is 12.0 Å². The Kier molecular flexibility index (Phi) is 6.28. The van der Waals surface area contributed by atoms with Gasteiger partial charge in [0.05, 0.1) is 12.2 Å². The first-order valence-corrected chi connectivity index (χ1v) is 6.36. The van der Waals surface area contributed by atoms with Gasteiger partial charge in [-0.15, -0.1) is 0 Å². The third kappa shape index (κ3) is 5.13. The number of carbonyl (C=O) groups excluding carboxylic acids is 2. The highest BCUT2D eigenvalue weighted by Gasteiger charge is 2.06. The summed E-state index contributed by atoms with van der Waals surface area (Å²) in [6.07, 6.45) is 1.46. The van der Waals surface area contributed by atoms with E-state index < -0.39 is 0 Å². The third-order valence-electron chi connectivity index (χ3n) is 2.39. The van der Waals surface area contributed by atoms with Crippen LogP contribution in [0.5, 0.6) is 0 Å². The fourth-order valence-electron chi connectivity index (χ4n) is 1.35. The van der Waals surface area contributed by atoms with Crippen LogP contribution in [0, 0.1) is 0 Å². The molecule has 1 rings (SSSR count). The molecule has 110 valence electrons. The highest BCUT2D eigenvalue weighted by molar-refractivity contribution is 5.89. The second-order valence-electron chi connectivity index (χ2n) is 4.21. The van der Waals surface area contributed by atoms with Gasteiger partial charge in [-0.05, 0) is 19.1 Å². The average molecular weight is 280 g/mol. The Bertz CT molecular complexity index is 445. The van der Waals surface area contributed by atoms with E-state index in [4.69, 9.17) is 4.74 Å². The molecule has 2 N–H and O–H groups in total. The number of rotatable bonds is 6. The van der Waals surface area contributed by atoms with Crippen LogP contribution >= 0.6 is 0 Å². The fourth-order valence-corrected chi connectivity index (χ4v) is 1.35. The summed E-state index contributed by atoms with van der Waals surface area (Å²) in [4.78, 5) is 28.2. The number of nitrogens with one attached hydrogen (secondary N) is 2. The van der Waals surface area contributed by atoms with Crippen LogP contribution in [0.4, 0.5) is 10.6 Å². The second-order valence-corrected chi connectivity index (χ2v) is 4.21. The average Bonchev–Trinajstić information content (AvgIpc) is 2.44. The highest BCUT2D eigenvalue weighted by atomic mass is 16.5. The zero-order chi connectivity index (χ0) is 15.0. The molecular weight excluding hydrogens is 260 g/mol. The summed E-state index contributed by atoms with van der Waals surface area (Å²) >= 11 is 0. The minimum atomic E-state index is -0.384. The number of ether oxygens (including phenoxy) is 1. The molecule has 0 fully saturated rings. The molecule has 0 saturated heterocycles. The van der Waals surface area contributed by atoms with E-state index in [1.807, 2.05) is 0 Å². The Hall–Kier alpha value is -2.31. The molecule has 1 aromatic rings. The van der Waals surface area contributed by atoms with E-state index in [9.17, 15) is 9.59 Å². The lowest BCUT2D eigenvalue weighted by molar-refractivity contribution is 0.0526. The van der Waals surface area contributed by atoms with Gasteiger partial charge in [-0.3, -0.25) is 0 Å². The van der Waals surface area contributed by atoms with Crippen LogP contribution in [-0.4, -0.2) is 55.7 Å². The van der Waals surface area contributed by atoms with Crippen molar-refractivity contribution in [2.45, 2.75) is 6.92 Å². The Morgan fingerprint density at radius 1 is 1.30 bits per heavy atom. The van der Waals surface area contributed by atoms with E-state index in [2.05, 4.69) is 15.6 Å². The molecule has 1 aromatic heterocycles. The third-order valence-corrected chi connectivity index (χ3v) is 2.39. The van der Waals surface area contributed by atoms with Crippen LogP contribution in [0.1, 0.15) is 17.3 Å². The maximum absolute atomic E-state index is 11.4. The van der Waals surface area contributed by atoms with E-state index >= 15 is 0 Å². The van der Waals surface area contributed by atoms with E-state index in [1.165, 1.54) is 11.1 Å². The number of carbonyl (C=O) groups is 2. The van der Waals surface area contributed by atoms with Crippen LogP contribution in [0.2, 0.25) is 0 Å². The summed E-state index contributed by atoms with van der Waals surface area (Å²) in [6.45, 7) is 3.12. The van der Waals surface area contributed by atoms with Crippen molar-refractivity contribution >= 4 is 17.8 Å². The number of anilines is 1. The van der Waals surface area contributed by atoms with Crippen LogP contribution in [-0.2, 0) is 4.74 Å². The maximum atomic E-state index is 11.4. The summed E-state index contributed by atoms with van der Waals surface area (Å²) < 4.78 is 4.86. The van der Waals surface area contributed by atoms with Crippen LogP contribution in [0.3, 0.4) is 0 Å². The van der Waals surface area contributed by atoms with Gasteiger partial charge in [0.25, 0.3) is 0 Å². The van der Waals surface area contributed by atoms with Crippen LogP contribution in [0.15, 0.2) is 18.3 Å². The number of esters is 1. The highest BCUT2D eigenvalue weighted by Crippen LogP contribution is 2.05. The molecule has 0 saturated carbocycles. The van der Waals surface area contributed by atoms with Crippen molar-refractivity contribution in [1.29, 1.82) is 0 Å². The Morgan fingerprint density at radius 3 is 2.60 bits per heavy atom. The molecular formula is C13H20N4O3. The van der Waals surface area contributed by atoms with Gasteiger partial charge < -0.3 is 20.3 Å². The van der Waals surface area contributed by atoms with Crippen molar-refractivity contribution in [3.05, 3.63) is 23.9 Å². The molecule has 1 heterocycles. The van der Waals surface area contributed by atoms with Gasteiger partial charge in [-0.2, -0.15) is 0 Å². The smallest absolute Gasteiger partial charge is 0.339 e. The van der Waals surface area contributed by atoms with Gasteiger partial charge in [-0.1, -0.05) is 0 Å². The van der Waals surface area contributed by atoms with Crippen molar-refractivity contribution in [2.75, 3.05) is 39.1 Å². The molecule has 0 aliphatic carbocycles. The van der Waals surface area contributed by atoms with Gasteiger partial charge in [0.2, 0.25) is 0 Å². The van der Waals surface area contributed by atoms with Crippen LogP contribution < -0.4 is 10.6 Å². The van der Waals surface area contributed by atoms with E-state index in [0.29, 0.717) is 31.1 Å². The van der Waals surface area contributed by atoms with Gasteiger partial charge in [-0.25, -0.2) is 14.6 Å². The summed E-state index contributed by atoms with van der Waals surface area (Å²) in [7, 11) is 3.36. The monoisotopic (exact) mass is 280 g/mol. The number of pyridine rings is 1. The first kappa shape index (κ1) is 15.7. The number of nitrogens with zero attached hydrogens (tertiary/aromatic N) is 2. The topological polar surface area (TPSA) is 83.6 Å². The lowest BCUT2D eigenvalue weighted by atomic mass is 10.3. The Labute approximate surface area is 118 Å². The molecule has 0 aromatic carbocycles. The minimum absolute atomic E-state index is 0.141. The standard InChI is InChI=1S/C13H20N4O3/c1-4-20-12(18)10-5-6-11(16-9-10)14-7-8-15-13(19)17(2)3/h5-6,9H,4,7-8H2,1-3H3,(H,14,16)(H,15,19). The number of urea groups is 1. The molecule has 0 aliphatic rings. The molecule has 2 amide bonds. The normalized spacial score (nSPS) is 9.75. The Balaban J connectivity index is 2.35. The van der Waals surface area contributed by atoms with Crippen molar-refractivity contribution in [3.8, 4) is 0 Å². The molecule has 7 nitrogen and oxygen atoms in total. The number of aromatic nitrogens is 1. The van der Waals surface area contributed by atoms with E-state index in [-0.39, 0.29) is 12.0 Å². The Morgan fingerprint density at radius 2 is 2.05 bits per heavy atom. The molecule has 0 radical (unpaired) electrons. The molecule has 7 heteroatoms. The summed E-state index contributed by atoms with van der Waals surface area (Å²) in [5.41, 5.74) is 0.415. The lowest BCUT2D eigenvalue weighted by Gasteiger charge is -2.12. The molecule has 0 aliphatic heterocycles. The lowest BCUT2D eigenvalue weighted by Crippen LogP contribution is -2.37.